The Labute approximate surface area is 211 Å². The van der Waals surface area contributed by atoms with Gasteiger partial charge in [0.05, 0.1) is 24.0 Å². The van der Waals surface area contributed by atoms with Gasteiger partial charge in [-0.2, -0.15) is 13.2 Å². The van der Waals surface area contributed by atoms with Crippen molar-refractivity contribution >= 4 is 23.5 Å². The molecule has 5 rings (SSSR count). The van der Waals surface area contributed by atoms with Gasteiger partial charge in [-0.15, -0.1) is 16.4 Å². The van der Waals surface area contributed by atoms with Crippen molar-refractivity contribution in [1.82, 2.24) is 25.0 Å². The Kier molecular flexibility index (Phi) is 6.82. The summed E-state index contributed by atoms with van der Waals surface area (Å²) in [5, 5.41) is 10.6. The van der Waals surface area contributed by atoms with Crippen LogP contribution in [0.3, 0.4) is 0 Å². The molecule has 0 fully saturated rings. The maximum absolute atomic E-state index is 14.0. The smallest absolute Gasteiger partial charge is 0.416 e. The molecule has 0 N–H and O–H groups in total. The molecule has 0 aliphatic rings. The molecule has 0 unspecified atom stereocenters. The summed E-state index contributed by atoms with van der Waals surface area (Å²) in [7, 11) is 0. The highest BCUT2D eigenvalue weighted by Crippen LogP contribution is 2.30. The van der Waals surface area contributed by atoms with Gasteiger partial charge >= 0.3 is 6.18 Å². The third-order valence-electron chi connectivity index (χ3n) is 5.14. The lowest BCUT2D eigenvalue weighted by atomic mass is 10.1. The molecule has 0 saturated carbocycles. The summed E-state index contributed by atoms with van der Waals surface area (Å²) in [5.41, 5.74) is 1.27. The third-order valence-corrected chi connectivity index (χ3v) is 6.08. The van der Waals surface area contributed by atoms with E-state index in [0.717, 1.165) is 28.4 Å². The van der Waals surface area contributed by atoms with Gasteiger partial charge in [-0.1, -0.05) is 11.3 Å². The number of halogens is 4. The first kappa shape index (κ1) is 24.4. The van der Waals surface area contributed by atoms with Gasteiger partial charge in [0.25, 0.3) is 0 Å². The van der Waals surface area contributed by atoms with Crippen molar-refractivity contribution in [2.45, 2.75) is 19.3 Å². The predicted octanol–water partition coefficient (Wildman–Crippen LogP) is 6.35. The normalized spacial score (nSPS) is 11.9. The minimum atomic E-state index is -4.61. The van der Waals surface area contributed by atoms with E-state index in [-0.39, 0.29) is 18.1 Å². The number of nitrogens with zero attached hydrogens (tertiary/aromatic N) is 5. The highest BCUT2D eigenvalue weighted by molar-refractivity contribution is 7.13. The highest BCUT2D eigenvalue weighted by Gasteiger charge is 2.31. The van der Waals surface area contributed by atoms with Crippen LogP contribution in [0.25, 0.3) is 22.7 Å². The number of benzene rings is 2. The molecule has 3 aromatic heterocycles. The zero-order valence-electron chi connectivity index (χ0n) is 18.9. The fourth-order valence-electron chi connectivity index (χ4n) is 3.31. The van der Waals surface area contributed by atoms with E-state index < -0.39 is 17.6 Å². The average molecular weight is 528 g/mol. The van der Waals surface area contributed by atoms with E-state index in [2.05, 4.69) is 20.3 Å². The Morgan fingerprint density at radius 2 is 1.86 bits per heavy atom. The van der Waals surface area contributed by atoms with Crippen LogP contribution in [0.5, 0.6) is 5.75 Å². The second kappa shape index (κ2) is 10.3. The molecule has 0 bridgehead atoms. The Morgan fingerprint density at radius 1 is 1.03 bits per heavy atom. The number of hydrogen-bond acceptors (Lipinski definition) is 7. The van der Waals surface area contributed by atoms with Crippen LogP contribution >= 0.6 is 11.3 Å². The third kappa shape index (κ3) is 6.09. The molecule has 0 amide bonds. The maximum Gasteiger partial charge on any atom is 0.416 e. The molecule has 37 heavy (non-hydrogen) atoms. The lowest BCUT2D eigenvalue weighted by Gasteiger charge is -2.07. The Morgan fingerprint density at radius 3 is 2.59 bits per heavy atom. The number of aromatic nitrogens is 5. The number of oxazole rings is 1. The maximum atomic E-state index is 14.0. The van der Waals surface area contributed by atoms with Gasteiger partial charge in [0.15, 0.2) is 0 Å². The fourth-order valence-corrected chi connectivity index (χ4v) is 4.13. The minimum absolute atomic E-state index is 0.0187. The van der Waals surface area contributed by atoms with E-state index in [1.165, 1.54) is 29.8 Å². The first-order valence-electron chi connectivity index (χ1n) is 10.8. The summed E-state index contributed by atoms with van der Waals surface area (Å²) in [6.45, 7) is 0.677. The summed E-state index contributed by atoms with van der Waals surface area (Å²) in [5.74, 6) is -0.206. The first-order chi connectivity index (χ1) is 17.8. The second-order valence-electron chi connectivity index (χ2n) is 7.80. The molecule has 0 saturated heterocycles. The molecular formula is C25H17F4N5O2S. The molecule has 0 aliphatic carbocycles. The molecule has 5 aromatic rings. The second-order valence-corrected chi connectivity index (χ2v) is 8.66. The van der Waals surface area contributed by atoms with Gasteiger partial charge in [0, 0.05) is 28.8 Å². The van der Waals surface area contributed by atoms with Crippen LogP contribution in [0, 0.1) is 5.82 Å². The van der Waals surface area contributed by atoms with Crippen LogP contribution in [-0.2, 0) is 19.3 Å². The average Bonchev–Trinajstić information content (AvgIpc) is 3.65. The minimum Gasteiger partial charge on any atom is -0.487 e. The standard InChI is InChI=1S/C25H17F4N5O2S/c26-22-11-18(25(27,28)29)5-1-16(22)4-8-23-31-20(14-36-23)13-35-21-6-2-17(3-7-21)24-32-19(15-37-24)12-34-10-9-30-33-34/h1-11,14-15H,12-13H2/b8-4+. The summed E-state index contributed by atoms with van der Waals surface area (Å²) < 4.78 is 64.8. The number of alkyl halides is 3. The molecule has 188 valence electrons. The van der Waals surface area contributed by atoms with E-state index >= 15 is 0 Å². The van der Waals surface area contributed by atoms with E-state index in [1.807, 2.05) is 29.6 Å². The van der Waals surface area contributed by atoms with Crippen molar-refractivity contribution in [3.05, 3.63) is 101 Å². The Balaban J connectivity index is 1.16. The topological polar surface area (TPSA) is 78.9 Å². The molecule has 0 radical (unpaired) electrons. The lowest BCUT2D eigenvalue weighted by molar-refractivity contribution is -0.137. The zero-order valence-corrected chi connectivity index (χ0v) is 19.7. The predicted molar refractivity (Wildman–Crippen MR) is 128 cm³/mol. The van der Waals surface area contributed by atoms with Crippen molar-refractivity contribution in [2.75, 3.05) is 0 Å². The van der Waals surface area contributed by atoms with Gasteiger partial charge < -0.3 is 9.15 Å². The fraction of sp³-hybridized carbons (Fsp3) is 0.120. The quantitative estimate of drug-likeness (QED) is 0.219. The Hall–Kier alpha value is -4.32. The van der Waals surface area contributed by atoms with Crippen molar-refractivity contribution < 1.29 is 26.7 Å². The van der Waals surface area contributed by atoms with Gasteiger partial charge in [-0.3, -0.25) is 0 Å². The van der Waals surface area contributed by atoms with Crippen LogP contribution in [0.1, 0.15) is 28.4 Å². The van der Waals surface area contributed by atoms with Gasteiger partial charge in [-0.05, 0) is 42.5 Å². The molecule has 3 heterocycles. The van der Waals surface area contributed by atoms with E-state index in [0.29, 0.717) is 24.1 Å². The summed E-state index contributed by atoms with van der Waals surface area (Å²) in [6.07, 6.45) is 2.84. The number of ether oxygens (including phenoxy) is 1. The van der Waals surface area contributed by atoms with Crippen molar-refractivity contribution in [3.63, 3.8) is 0 Å². The summed E-state index contributed by atoms with van der Waals surface area (Å²) in [6, 6.07) is 9.77. The summed E-state index contributed by atoms with van der Waals surface area (Å²) in [4.78, 5) is 8.85. The molecule has 12 heteroatoms. The SMILES string of the molecule is Fc1cc(C(F)(F)F)ccc1/C=C/c1nc(COc2ccc(-c3nc(Cn4ccnn4)cs3)cc2)co1. The van der Waals surface area contributed by atoms with Crippen molar-refractivity contribution in [1.29, 1.82) is 0 Å². The first-order valence-corrected chi connectivity index (χ1v) is 11.7. The van der Waals surface area contributed by atoms with Crippen molar-refractivity contribution in [2.24, 2.45) is 0 Å². The van der Waals surface area contributed by atoms with Crippen molar-refractivity contribution in [3.8, 4) is 16.3 Å². The summed E-state index contributed by atoms with van der Waals surface area (Å²) >= 11 is 1.53. The largest absolute Gasteiger partial charge is 0.487 e. The van der Waals surface area contributed by atoms with Crippen LogP contribution in [0.15, 0.2) is 70.9 Å². The molecule has 7 nitrogen and oxygen atoms in total. The van der Waals surface area contributed by atoms with E-state index in [9.17, 15) is 17.6 Å². The molecule has 0 aliphatic heterocycles. The van der Waals surface area contributed by atoms with Crippen LogP contribution in [-0.4, -0.2) is 25.0 Å². The molecule has 2 aromatic carbocycles. The van der Waals surface area contributed by atoms with Gasteiger partial charge in [0.2, 0.25) is 5.89 Å². The van der Waals surface area contributed by atoms with Gasteiger partial charge in [0.1, 0.15) is 35.1 Å². The Bertz CT molecular complexity index is 1510. The van der Waals surface area contributed by atoms with E-state index in [4.69, 9.17) is 9.15 Å². The molecule has 0 atom stereocenters. The number of thiazole rings is 1. The van der Waals surface area contributed by atoms with Crippen LogP contribution in [0.4, 0.5) is 17.6 Å². The van der Waals surface area contributed by atoms with Gasteiger partial charge in [-0.25, -0.2) is 19.0 Å². The lowest BCUT2D eigenvalue weighted by Crippen LogP contribution is -2.05. The number of hydrogen-bond donors (Lipinski definition) is 0. The molecular weight excluding hydrogens is 510 g/mol. The monoisotopic (exact) mass is 527 g/mol. The zero-order chi connectivity index (χ0) is 25.8. The van der Waals surface area contributed by atoms with Crippen LogP contribution in [0.2, 0.25) is 0 Å². The van der Waals surface area contributed by atoms with Crippen LogP contribution < -0.4 is 4.74 Å². The molecule has 0 spiro atoms. The van der Waals surface area contributed by atoms with E-state index in [1.54, 1.807) is 17.1 Å². The number of rotatable bonds is 8. The highest BCUT2D eigenvalue weighted by atomic mass is 32.1.